The average molecular weight is 297 g/mol. The Balaban J connectivity index is 1.37. The van der Waals surface area contributed by atoms with Gasteiger partial charge in [-0.05, 0) is 12.8 Å². The highest BCUT2D eigenvalue weighted by Crippen LogP contribution is 2.15. The second-order valence-corrected chi connectivity index (χ2v) is 6.25. The normalized spacial score (nSPS) is 31.5. The molecule has 3 fully saturated rings. The van der Waals surface area contributed by atoms with Crippen molar-refractivity contribution >= 4 is 5.91 Å². The maximum atomic E-state index is 12.3. The van der Waals surface area contributed by atoms with Gasteiger partial charge in [0.25, 0.3) is 0 Å². The second-order valence-electron chi connectivity index (χ2n) is 6.25. The fraction of sp³-hybridized carbons (Fsp3) is 0.933. The zero-order valence-corrected chi connectivity index (χ0v) is 12.8. The number of ether oxygens (including phenoxy) is 2. The summed E-state index contributed by atoms with van der Waals surface area (Å²) >= 11 is 0. The van der Waals surface area contributed by atoms with Gasteiger partial charge in [-0.2, -0.15) is 0 Å². The van der Waals surface area contributed by atoms with E-state index < -0.39 is 0 Å². The number of nitrogens with one attached hydrogen (secondary N) is 1. The Morgan fingerprint density at radius 1 is 1.19 bits per heavy atom. The minimum Gasteiger partial charge on any atom is -0.378 e. The van der Waals surface area contributed by atoms with Gasteiger partial charge in [0.15, 0.2) is 0 Å². The molecule has 1 N–H and O–H groups in total. The highest BCUT2D eigenvalue weighted by molar-refractivity contribution is 5.77. The number of carbonyl (C=O) groups excluding carboxylic acids is 1. The Bertz CT molecular complexity index is 333. The summed E-state index contributed by atoms with van der Waals surface area (Å²) in [6, 6.07) is 0.191. The van der Waals surface area contributed by atoms with E-state index in [0.29, 0.717) is 19.1 Å². The molecule has 3 rings (SSSR count). The molecular formula is C15H27N3O3. The van der Waals surface area contributed by atoms with Crippen molar-refractivity contribution in [2.75, 3.05) is 59.1 Å². The summed E-state index contributed by atoms with van der Waals surface area (Å²) in [4.78, 5) is 16.7. The third-order valence-corrected chi connectivity index (χ3v) is 4.63. The SMILES string of the molecule is O=C(CC1COCCN1)N1CCN(CC2CCCO2)CC1. The highest BCUT2D eigenvalue weighted by Gasteiger charge is 2.26. The number of piperazine rings is 1. The Morgan fingerprint density at radius 3 is 2.71 bits per heavy atom. The van der Waals surface area contributed by atoms with Gasteiger partial charge in [-0.15, -0.1) is 0 Å². The van der Waals surface area contributed by atoms with Crippen LogP contribution in [0.25, 0.3) is 0 Å². The van der Waals surface area contributed by atoms with Crippen LogP contribution in [-0.2, 0) is 14.3 Å². The first-order valence-corrected chi connectivity index (χ1v) is 8.24. The van der Waals surface area contributed by atoms with Crippen molar-refractivity contribution < 1.29 is 14.3 Å². The molecule has 2 unspecified atom stereocenters. The van der Waals surface area contributed by atoms with E-state index >= 15 is 0 Å². The van der Waals surface area contributed by atoms with E-state index in [2.05, 4.69) is 10.2 Å². The van der Waals surface area contributed by atoms with Crippen LogP contribution in [0.1, 0.15) is 19.3 Å². The first-order valence-electron chi connectivity index (χ1n) is 8.24. The number of morpholine rings is 1. The van der Waals surface area contributed by atoms with Crippen LogP contribution in [0.5, 0.6) is 0 Å². The van der Waals surface area contributed by atoms with Crippen LogP contribution in [0.2, 0.25) is 0 Å². The van der Waals surface area contributed by atoms with Crippen molar-refractivity contribution in [2.24, 2.45) is 0 Å². The van der Waals surface area contributed by atoms with Gasteiger partial charge in [0.2, 0.25) is 5.91 Å². The van der Waals surface area contributed by atoms with Crippen LogP contribution in [0.15, 0.2) is 0 Å². The van der Waals surface area contributed by atoms with Crippen LogP contribution >= 0.6 is 0 Å². The van der Waals surface area contributed by atoms with E-state index in [1.54, 1.807) is 0 Å². The van der Waals surface area contributed by atoms with Crippen molar-refractivity contribution in [1.29, 1.82) is 0 Å². The molecule has 0 spiro atoms. The topological polar surface area (TPSA) is 54.0 Å². The Labute approximate surface area is 126 Å². The van der Waals surface area contributed by atoms with Gasteiger partial charge < -0.3 is 19.7 Å². The van der Waals surface area contributed by atoms with Crippen LogP contribution in [0.3, 0.4) is 0 Å². The predicted molar refractivity (Wildman–Crippen MR) is 79.2 cm³/mol. The van der Waals surface area contributed by atoms with E-state index in [1.807, 2.05) is 4.90 Å². The van der Waals surface area contributed by atoms with Gasteiger partial charge in [-0.3, -0.25) is 9.69 Å². The maximum absolute atomic E-state index is 12.3. The van der Waals surface area contributed by atoms with Crippen molar-refractivity contribution in [3.63, 3.8) is 0 Å². The molecule has 3 saturated heterocycles. The van der Waals surface area contributed by atoms with Gasteiger partial charge in [0.05, 0.1) is 19.3 Å². The van der Waals surface area contributed by atoms with Gasteiger partial charge in [0, 0.05) is 58.3 Å². The van der Waals surface area contributed by atoms with E-state index in [4.69, 9.17) is 9.47 Å². The second kappa shape index (κ2) is 7.54. The zero-order valence-electron chi connectivity index (χ0n) is 12.8. The van der Waals surface area contributed by atoms with E-state index in [1.165, 1.54) is 12.8 Å². The summed E-state index contributed by atoms with van der Waals surface area (Å²) in [5.41, 5.74) is 0. The molecule has 0 aromatic rings. The minimum atomic E-state index is 0.191. The molecule has 0 aromatic heterocycles. The number of hydrogen-bond donors (Lipinski definition) is 1. The first kappa shape index (κ1) is 15.2. The van der Waals surface area contributed by atoms with E-state index in [-0.39, 0.29) is 11.9 Å². The number of nitrogens with zero attached hydrogens (tertiary/aromatic N) is 2. The van der Waals surface area contributed by atoms with Gasteiger partial charge >= 0.3 is 0 Å². The van der Waals surface area contributed by atoms with E-state index in [0.717, 1.165) is 52.5 Å². The van der Waals surface area contributed by atoms with E-state index in [9.17, 15) is 4.79 Å². The lowest BCUT2D eigenvalue weighted by Gasteiger charge is -2.36. The number of carbonyl (C=O) groups is 1. The monoisotopic (exact) mass is 297 g/mol. The Morgan fingerprint density at radius 2 is 2.05 bits per heavy atom. The molecule has 120 valence electrons. The number of rotatable bonds is 4. The molecule has 6 heteroatoms. The Hall–Kier alpha value is -0.690. The van der Waals surface area contributed by atoms with Crippen molar-refractivity contribution in [3.8, 4) is 0 Å². The molecule has 3 heterocycles. The maximum Gasteiger partial charge on any atom is 0.224 e. The fourth-order valence-corrected chi connectivity index (χ4v) is 3.35. The summed E-state index contributed by atoms with van der Waals surface area (Å²) in [7, 11) is 0. The molecule has 0 radical (unpaired) electrons. The molecule has 6 nitrogen and oxygen atoms in total. The fourth-order valence-electron chi connectivity index (χ4n) is 3.35. The van der Waals surface area contributed by atoms with Crippen molar-refractivity contribution in [1.82, 2.24) is 15.1 Å². The third-order valence-electron chi connectivity index (χ3n) is 4.63. The lowest BCUT2D eigenvalue weighted by Crippen LogP contribution is -2.52. The molecule has 2 atom stereocenters. The van der Waals surface area contributed by atoms with Crippen LogP contribution in [0, 0.1) is 0 Å². The van der Waals surface area contributed by atoms with Crippen molar-refractivity contribution in [3.05, 3.63) is 0 Å². The van der Waals surface area contributed by atoms with Crippen LogP contribution in [0.4, 0.5) is 0 Å². The Kier molecular flexibility index (Phi) is 5.46. The molecule has 1 amide bonds. The van der Waals surface area contributed by atoms with Crippen molar-refractivity contribution in [2.45, 2.75) is 31.4 Å². The van der Waals surface area contributed by atoms with Gasteiger partial charge in [-0.1, -0.05) is 0 Å². The lowest BCUT2D eigenvalue weighted by molar-refractivity contribution is -0.134. The predicted octanol–water partition coefficient (Wildman–Crippen LogP) is -0.312. The zero-order chi connectivity index (χ0) is 14.5. The lowest BCUT2D eigenvalue weighted by atomic mass is 10.1. The molecule has 3 aliphatic rings. The smallest absolute Gasteiger partial charge is 0.224 e. The third kappa shape index (κ3) is 4.39. The summed E-state index contributed by atoms with van der Waals surface area (Å²) < 4.78 is 11.1. The van der Waals surface area contributed by atoms with Crippen LogP contribution < -0.4 is 5.32 Å². The van der Waals surface area contributed by atoms with Crippen LogP contribution in [-0.4, -0.2) is 86.9 Å². The molecule has 0 saturated carbocycles. The highest BCUT2D eigenvalue weighted by atomic mass is 16.5. The molecule has 0 bridgehead atoms. The molecule has 3 aliphatic heterocycles. The van der Waals surface area contributed by atoms with Gasteiger partial charge in [0.1, 0.15) is 0 Å². The minimum absolute atomic E-state index is 0.191. The molecule has 0 aliphatic carbocycles. The molecule has 0 aromatic carbocycles. The standard InChI is InChI=1S/C15H27N3O3/c19-15(10-13-12-20-9-3-16-13)18-6-4-17(5-7-18)11-14-2-1-8-21-14/h13-14,16H,1-12H2. The number of amides is 1. The summed E-state index contributed by atoms with van der Waals surface area (Å²) in [5.74, 6) is 0.259. The largest absolute Gasteiger partial charge is 0.378 e. The summed E-state index contributed by atoms with van der Waals surface area (Å²) in [5, 5.41) is 3.35. The summed E-state index contributed by atoms with van der Waals surface area (Å²) in [6.45, 7) is 7.85. The number of hydrogen-bond acceptors (Lipinski definition) is 5. The molecular weight excluding hydrogens is 270 g/mol. The molecule has 21 heavy (non-hydrogen) atoms. The average Bonchev–Trinajstić information content (AvgIpc) is 3.02. The van der Waals surface area contributed by atoms with Gasteiger partial charge in [-0.25, -0.2) is 0 Å². The summed E-state index contributed by atoms with van der Waals surface area (Å²) in [6.07, 6.45) is 3.36. The first-order chi connectivity index (χ1) is 10.3. The quantitative estimate of drug-likeness (QED) is 0.771.